The van der Waals surface area contributed by atoms with Crippen molar-refractivity contribution in [2.75, 3.05) is 26.7 Å². The summed E-state index contributed by atoms with van der Waals surface area (Å²) in [6.45, 7) is 4.10. The van der Waals surface area contributed by atoms with Crippen molar-refractivity contribution < 1.29 is 14.0 Å². The topological polar surface area (TPSA) is 65.8 Å². The lowest BCUT2D eigenvalue weighted by atomic mass is 9.87. The summed E-state index contributed by atoms with van der Waals surface area (Å²) in [4.78, 5) is 28.0. The predicted molar refractivity (Wildman–Crippen MR) is 81.7 cm³/mol. The normalized spacial score (nSPS) is 20.5. The first kappa shape index (κ1) is 14.9. The third-order valence-corrected chi connectivity index (χ3v) is 5.02. The molecule has 6 heteroatoms. The number of nitrogens with zero attached hydrogens (tertiary/aromatic N) is 2. The summed E-state index contributed by atoms with van der Waals surface area (Å²) in [6, 6.07) is 1.75. The van der Waals surface area contributed by atoms with Crippen molar-refractivity contribution in [1.29, 1.82) is 0 Å². The Morgan fingerprint density at radius 3 is 2.73 bits per heavy atom. The van der Waals surface area contributed by atoms with Crippen LogP contribution in [0.4, 0.5) is 4.79 Å². The van der Waals surface area contributed by atoms with Crippen LogP contribution in [0.15, 0.2) is 16.7 Å². The predicted octanol–water partition coefficient (Wildman–Crippen LogP) is 1.86. The van der Waals surface area contributed by atoms with Crippen LogP contribution in [-0.4, -0.2) is 54.0 Å². The van der Waals surface area contributed by atoms with Crippen LogP contribution in [0.25, 0.3) is 0 Å². The first-order valence-corrected chi connectivity index (χ1v) is 7.95. The molecule has 1 N–H and O–H groups in total. The minimum Gasteiger partial charge on any atom is -0.469 e. The number of furan rings is 1. The smallest absolute Gasteiger partial charge is 0.317 e. The molecule has 3 rings (SSSR count). The minimum absolute atomic E-state index is 0.0140. The van der Waals surface area contributed by atoms with E-state index >= 15 is 0 Å². The molecule has 3 heterocycles. The number of nitrogens with one attached hydrogen (secondary N) is 1. The molecule has 0 radical (unpaired) electrons. The molecule has 0 aliphatic carbocycles. The monoisotopic (exact) mass is 305 g/mol. The van der Waals surface area contributed by atoms with Crippen LogP contribution in [0.2, 0.25) is 0 Å². The lowest BCUT2D eigenvalue weighted by Crippen LogP contribution is -2.54. The lowest BCUT2D eigenvalue weighted by molar-refractivity contribution is 0.0563. The van der Waals surface area contributed by atoms with Crippen molar-refractivity contribution in [2.24, 2.45) is 0 Å². The fraction of sp³-hybridized carbons (Fsp3) is 0.625. The highest BCUT2D eigenvalue weighted by Gasteiger charge is 2.45. The number of likely N-dealkylation sites (tertiary alicyclic amines) is 1. The highest BCUT2D eigenvalue weighted by Crippen LogP contribution is 2.31. The minimum atomic E-state index is -0.128. The number of hydrogen-bond acceptors (Lipinski definition) is 3. The van der Waals surface area contributed by atoms with Crippen LogP contribution in [0.3, 0.4) is 0 Å². The number of aryl methyl sites for hydroxylation is 1. The lowest BCUT2D eigenvalue weighted by Gasteiger charge is -2.42. The van der Waals surface area contributed by atoms with E-state index in [4.69, 9.17) is 4.42 Å². The van der Waals surface area contributed by atoms with Gasteiger partial charge in [-0.25, -0.2) is 4.79 Å². The van der Waals surface area contributed by atoms with Gasteiger partial charge >= 0.3 is 6.03 Å². The summed E-state index contributed by atoms with van der Waals surface area (Å²) in [6.07, 6.45) is 4.96. The van der Waals surface area contributed by atoms with Crippen molar-refractivity contribution >= 4 is 11.9 Å². The van der Waals surface area contributed by atoms with E-state index in [0.29, 0.717) is 25.2 Å². The summed E-state index contributed by atoms with van der Waals surface area (Å²) in [5.41, 5.74) is 0.558. The number of likely N-dealkylation sites (N-methyl/N-ethyl adjacent to an activating group) is 1. The Kier molecular flexibility index (Phi) is 3.85. The van der Waals surface area contributed by atoms with Gasteiger partial charge in [-0.1, -0.05) is 6.92 Å². The van der Waals surface area contributed by atoms with Crippen LogP contribution in [-0.2, 0) is 6.42 Å². The van der Waals surface area contributed by atoms with Crippen LogP contribution < -0.4 is 5.32 Å². The first-order chi connectivity index (χ1) is 10.6. The molecular formula is C16H23N3O3. The zero-order valence-electron chi connectivity index (χ0n) is 13.2. The maximum absolute atomic E-state index is 12.7. The van der Waals surface area contributed by atoms with E-state index in [0.717, 1.165) is 31.4 Å². The van der Waals surface area contributed by atoms with E-state index in [1.54, 1.807) is 17.2 Å². The highest BCUT2D eigenvalue weighted by atomic mass is 16.3. The second-order valence-electron chi connectivity index (χ2n) is 6.24. The fourth-order valence-electron chi connectivity index (χ4n) is 3.45. The van der Waals surface area contributed by atoms with Gasteiger partial charge in [0.25, 0.3) is 5.91 Å². The SMILES string of the molecule is CCCc1occc1C(=O)N1CCC2(CC1)CNC(=O)N2C. The second-order valence-corrected chi connectivity index (χ2v) is 6.24. The molecule has 2 aliphatic rings. The molecule has 1 spiro atoms. The Bertz CT molecular complexity index is 573. The molecule has 0 bridgehead atoms. The maximum Gasteiger partial charge on any atom is 0.317 e. The largest absolute Gasteiger partial charge is 0.469 e. The molecule has 120 valence electrons. The molecular weight excluding hydrogens is 282 g/mol. The molecule has 0 saturated carbocycles. The molecule has 1 aromatic heterocycles. The standard InChI is InChI=1S/C16H23N3O3/c1-3-4-13-12(5-10-22-13)14(20)19-8-6-16(7-9-19)11-17-15(21)18(16)2/h5,10H,3-4,6-9,11H2,1-2H3,(H,17,21). The van der Waals surface area contributed by atoms with E-state index in [1.807, 2.05) is 11.9 Å². The summed E-state index contributed by atoms with van der Waals surface area (Å²) >= 11 is 0. The van der Waals surface area contributed by atoms with Gasteiger partial charge in [0.15, 0.2) is 0 Å². The molecule has 2 fully saturated rings. The van der Waals surface area contributed by atoms with Crippen molar-refractivity contribution in [2.45, 2.75) is 38.1 Å². The molecule has 0 aromatic carbocycles. The van der Waals surface area contributed by atoms with Crippen molar-refractivity contribution in [3.05, 3.63) is 23.7 Å². The average Bonchev–Trinajstić information content (AvgIpc) is 3.09. The van der Waals surface area contributed by atoms with Crippen LogP contribution in [0.1, 0.15) is 42.3 Å². The molecule has 0 unspecified atom stereocenters. The Hall–Kier alpha value is -1.98. The highest BCUT2D eigenvalue weighted by molar-refractivity contribution is 5.95. The van der Waals surface area contributed by atoms with Crippen molar-refractivity contribution in [1.82, 2.24) is 15.1 Å². The Balaban J connectivity index is 1.67. The van der Waals surface area contributed by atoms with Gasteiger partial charge in [0, 0.05) is 33.1 Å². The van der Waals surface area contributed by atoms with E-state index in [2.05, 4.69) is 12.2 Å². The van der Waals surface area contributed by atoms with Gasteiger partial charge in [-0.2, -0.15) is 0 Å². The average molecular weight is 305 g/mol. The summed E-state index contributed by atoms with van der Waals surface area (Å²) in [5, 5.41) is 2.90. The van der Waals surface area contributed by atoms with Crippen LogP contribution in [0.5, 0.6) is 0 Å². The summed E-state index contributed by atoms with van der Waals surface area (Å²) in [7, 11) is 1.84. The van der Waals surface area contributed by atoms with Gasteiger partial charge in [-0.3, -0.25) is 4.79 Å². The van der Waals surface area contributed by atoms with Crippen LogP contribution in [0, 0.1) is 0 Å². The van der Waals surface area contributed by atoms with Gasteiger partial charge < -0.3 is 19.5 Å². The Morgan fingerprint density at radius 1 is 1.41 bits per heavy atom. The van der Waals surface area contributed by atoms with E-state index < -0.39 is 0 Å². The van der Waals surface area contributed by atoms with Crippen LogP contribution >= 0.6 is 0 Å². The zero-order chi connectivity index (χ0) is 15.7. The van der Waals surface area contributed by atoms with Gasteiger partial charge in [0.2, 0.25) is 0 Å². The second kappa shape index (κ2) is 5.66. The molecule has 2 saturated heterocycles. The molecule has 22 heavy (non-hydrogen) atoms. The molecule has 2 aliphatic heterocycles. The quantitative estimate of drug-likeness (QED) is 0.927. The molecule has 6 nitrogen and oxygen atoms in total. The van der Waals surface area contributed by atoms with Gasteiger partial charge in [-0.05, 0) is 25.3 Å². The first-order valence-electron chi connectivity index (χ1n) is 7.95. The number of urea groups is 1. The van der Waals surface area contributed by atoms with E-state index in [-0.39, 0.29) is 17.5 Å². The third kappa shape index (κ3) is 2.36. The number of rotatable bonds is 3. The van der Waals surface area contributed by atoms with Gasteiger partial charge in [-0.15, -0.1) is 0 Å². The van der Waals surface area contributed by atoms with Gasteiger partial charge in [0.1, 0.15) is 5.76 Å². The Labute approximate surface area is 130 Å². The van der Waals surface area contributed by atoms with Crippen molar-refractivity contribution in [3.63, 3.8) is 0 Å². The molecule has 3 amide bonds. The van der Waals surface area contributed by atoms with Crippen molar-refractivity contribution in [3.8, 4) is 0 Å². The summed E-state index contributed by atoms with van der Waals surface area (Å²) < 4.78 is 5.43. The third-order valence-electron chi connectivity index (χ3n) is 5.02. The number of carbonyl (C=O) groups is 2. The fourth-order valence-corrected chi connectivity index (χ4v) is 3.45. The number of hydrogen-bond donors (Lipinski definition) is 1. The summed E-state index contributed by atoms with van der Waals surface area (Å²) in [5.74, 6) is 0.828. The molecule has 0 atom stereocenters. The van der Waals surface area contributed by atoms with Gasteiger partial charge in [0.05, 0.1) is 17.4 Å². The number of amides is 3. The zero-order valence-corrected chi connectivity index (χ0v) is 13.2. The molecule has 1 aromatic rings. The van der Waals surface area contributed by atoms with E-state index in [9.17, 15) is 9.59 Å². The Morgan fingerprint density at radius 2 is 2.14 bits per heavy atom. The maximum atomic E-state index is 12.7. The van der Waals surface area contributed by atoms with E-state index in [1.165, 1.54) is 0 Å². The number of carbonyl (C=O) groups excluding carboxylic acids is 2. The number of piperidine rings is 1.